The zero-order valence-electron chi connectivity index (χ0n) is 16.4. The van der Waals surface area contributed by atoms with Crippen LogP contribution in [0, 0.1) is 12.3 Å². The third-order valence-electron chi connectivity index (χ3n) is 4.20. The summed E-state index contributed by atoms with van der Waals surface area (Å²) in [4.78, 5) is 12.6. The molecule has 0 unspecified atom stereocenters. The summed E-state index contributed by atoms with van der Waals surface area (Å²) in [7, 11) is 3.32. The monoisotopic (exact) mass is 443 g/mol. The number of methoxy groups -OCH3 is 1. The minimum atomic E-state index is -0.205. The molecule has 3 rings (SSSR count). The number of hydrogen-bond acceptors (Lipinski definition) is 4. The van der Waals surface area contributed by atoms with E-state index in [0.29, 0.717) is 32.9 Å². The average Bonchev–Trinajstić information content (AvgIpc) is 3.08. The molecule has 1 aromatic heterocycles. The first-order chi connectivity index (χ1) is 14.4. The molecule has 6 nitrogen and oxygen atoms in total. The van der Waals surface area contributed by atoms with E-state index >= 15 is 0 Å². The molecule has 1 amide bonds. The number of aryl methyl sites for hydroxylation is 1. The Morgan fingerprint density at radius 1 is 1.20 bits per heavy atom. The summed E-state index contributed by atoms with van der Waals surface area (Å²) in [5.41, 5.74) is 2.68. The van der Waals surface area contributed by atoms with Gasteiger partial charge in [-0.25, -0.2) is 0 Å². The lowest BCUT2D eigenvalue weighted by Gasteiger charge is -2.11. The van der Waals surface area contributed by atoms with Crippen LogP contribution in [0.4, 0.5) is 5.69 Å². The fourth-order valence-electron chi connectivity index (χ4n) is 2.88. The summed E-state index contributed by atoms with van der Waals surface area (Å²) < 4.78 is 12.5. The van der Waals surface area contributed by atoms with Crippen molar-refractivity contribution in [3.63, 3.8) is 0 Å². The molecule has 0 aliphatic rings. The number of carbonyl (C=O) groups is 1. The molecular weight excluding hydrogens is 425 g/mol. The maximum absolute atomic E-state index is 12.6. The van der Waals surface area contributed by atoms with Crippen molar-refractivity contribution in [1.82, 2.24) is 9.78 Å². The van der Waals surface area contributed by atoms with Gasteiger partial charge in [0.1, 0.15) is 12.3 Å². The number of rotatable bonds is 7. The Balaban J connectivity index is 1.82. The number of halogens is 2. The van der Waals surface area contributed by atoms with Crippen LogP contribution in [0.1, 0.15) is 5.56 Å². The smallest absolute Gasteiger partial charge is 0.228 e. The highest BCUT2D eigenvalue weighted by atomic mass is 35.5. The second-order valence-corrected chi connectivity index (χ2v) is 7.21. The summed E-state index contributed by atoms with van der Waals surface area (Å²) in [6, 6.07) is 10.5. The molecule has 0 atom stereocenters. The van der Waals surface area contributed by atoms with E-state index in [1.54, 1.807) is 55.4 Å². The van der Waals surface area contributed by atoms with Crippen LogP contribution >= 0.6 is 23.2 Å². The molecule has 154 valence electrons. The first-order valence-electron chi connectivity index (χ1n) is 8.93. The van der Waals surface area contributed by atoms with Gasteiger partial charge in [0, 0.05) is 18.8 Å². The van der Waals surface area contributed by atoms with Crippen LogP contribution in [-0.4, -0.2) is 29.4 Å². The largest absolute Gasteiger partial charge is 0.493 e. The molecule has 0 aliphatic carbocycles. The number of aromatic nitrogens is 2. The fourth-order valence-corrected chi connectivity index (χ4v) is 3.20. The minimum absolute atomic E-state index is 0.134. The lowest BCUT2D eigenvalue weighted by Crippen LogP contribution is -2.14. The van der Waals surface area contributed by atoms with Crippen molar-refractivity contribution in [3.05, 3.63) is 58.2 Å². The summed E-state index contributed by atoms with van der Waals surface area (Å²) in [6.45, 7) is 0.134. The summed E-state index contributed by atoms with van der Waals surface area (Å²) in [5, 5.41) is 8.22. The normalized spacial score (nSPS) is 10.4. The quantitative estimate of drug-likeness (QED) is 0.542. The Kier molecular flexibility index (Phi) is 6.88. The third kappa shape index (κ3) is 5.07. The lowest BCUT2D eigenvalue weighted by molar-refractivity contribution is -0.115. The fraction of sp³-hybridized carbons (Fsp3) is 0.182. The maximum atomic E-state index is 12.6. The van der Waals surface area contributed by atoms with E-state index in [4.69, 9.17) is 39.1 Å². The number of hydrogen-bond donors (Lipinski definition) is 1. The van der Waals surface area contributed by atoms with E-state index in [0.717, 1.165) is 11.1 Å². The number of anilines is 1. The van der Waals surface area contributed by atoms with E-state index in [2.05, 4.69) is 16.3 Å². The maximum Gasteiger partial charge on any atom is 0.228 e. The van der Waals surface area contributed by atoms with Gasteiger partial charge in [0.15, 0.2) is 11.5 Å². The molecule has 2 aromatic carbocycles. The van der Waals surface area contributed by atoms with Gasteiger partial charge < -0.3 is 14.8 Å². The summed E-state index contributed by atoms with van der Waals surface area (Å²) >= 11 is 12.0. The Labute approximate surface area is 184 Å². The number of ether oxygens (including phenoxy) is 2. The summed E-state index contributed by atoms with van der Waals surface area (Å²) in [5.74, 6) is 3.26. The number of carbonyl (C=O) groups excluding carboxylic acids is 1. The van der Waals surface area contributed by atoms with E-state index < -0.39 is 0 Å². The Hall–Kier alpha value is -3.14. The van der Waals surface area contributed by atoms with Crippen LogP contribution in [-0.2, 0) is 18.3 Å². The predicted molar refractivity (Wildman–Crippen MR) is 118 cm³/mol. The van der Waals surface area contributed by atoms with E-state index in [1.807, 2.05) is 6.07 Å². The molecule has 0 saturated carbocycles. The Morgan fingerprint density at radius 3 is 2.70 bits per heavy atom. The highest BCUT2D eigenvalue weighted by Gasteiger charge is 2.16. The lowest BCUT2D eigenvalue weighted by atomic mass is 10.1. The van der Waals surface area contributed by atoms with Gasteiger partial charge in [-0.05, 0) is 35.9 Å². The SMILES string of the molecule is C#CCOc1ccc(-c2nn(C)cc2NC(=O)Cc2ccc(Cl)c(Cl)c2)cc1OC. The van der Waals surface area contributed by atoms with Crippen LogP contribution in [0.15, 0.2) is 42.6 Å². The number of nitrogens with one attached hydrogen (secondary N) is 1. The van der Waals surface area contributed by atoms with Gasteiger partial charge in [0.25, 0.3) is 0 Å². The van der Waals surface area contributed by atoms with Gasteiger partial charge >= 0.3 is 0 Å². The number of terminal acetylenes is 1. The van der Waals surface area contributed by atoms with Crippen LogP contribution in [0.25, 0.3) is 11.3 Å². The zero-order chi connectivity index (χ0) is 21.7. The second kappa shape index (κ2) is 9.57. The molecule has 0 bridgehead atoms. The molecule has 0 spiro atoms. The zero-order valence-corrected chi connectivity index (χ0v) is 17.9. The molecule has 0 saturated heterocycles. The standard InChI is InChI=1S/C22H19Cl2N3O3/c1-4-9-30-19-8-6-15(12-20(19)29-3)22-18(13-27(2)26-22)25-21(28)11-14-5-7-16(23)17(24)10-14/h1,5-8,10,12-13H,9,11H2,2-3H3,(H,25,28). The van der Waals surface area contributed by atoms with Gasteiger partial charge in [0.2, 0.25) is 5.91 Å². The molecule has 0 radical (unpaired) electrons. The molecule has 3 aromatic rings. The Bertz CT molecular complexity index is 1120. The van der Waals surface area contributed by atoms with Crippen molar-refractivity contribution in [2.24, 2.45) is 7.05 Å². The van der Waals surface area contributed by atoms with Crippen LogP contribution in [0.3, 0.4) is 0 Å². The molecule has 1 heterocycles. The van der Waals surface area contributed by atoms with Crippen molar-refractivity contribution in [1.29, 1.82) is 0 Å². The number of nitrogens with zero attached hydrogens (tertiary/aromatic N) is 2. The van der Waals surface area contributed by atoms with Crippen molar-refractivity contribution in [2.75, 3.05) is 19.0 Å². The number of benzene rings is 2. The topological polar surface area (TPSA) is 65.4 Å². The van der Waals surface area contributed by atoms with Crippen molar-refractivity contribution in [2.45, 2.75) is 6.42 Å². The highest BCUT2D eigenvalue weighted by Crippen LogP contribution is 2.35. The number of amides is 1. The van der Waals surface area contributed by atoms with Gasteiger partial charge in [-0.2, -0.15) is 5.10 Å². The molecule has 8 heteroatoms. The van der Waals surface area contributed by atoms with Crippen molar-refractivity contribution < 1.29 is 14.3 Å². The Morgan fingerprint density at radius 2 is 2.00 bits per heavy atom. The molecular formula is C22H19Cl2N3O3. The molecule has 0 aliphatic heterocycles. The van der Waals surface area contributed by atoms with Gasteiger partial charge in [-0.15, -0.1) is 6.42 Å². The molecule has 1 N–H and O–H groups in total. The minimum Gasteiger partial charge on any atom is -0.493 e. The van der Waals surface area contributed by atoms with E-state index in [1.165, 1.54) is 0 Å². The van der Waals surface area contributed by atoms with Gasteiger partial charge in [-0.1, -0.05) is 35.2 Å². The average molecular weight is 444 g/mol. The second-order valence-electron chi connectivity index (χ2n) is 6.40. The van der Waals surface area contributed by atoms with Crippen LogP contribution in [0.5, 0.6) is 11.5 Å². The third-order valence-corrected chi connectivity index (χ3v) is 4.94. The first-order valence-corrected chi connectivity index (χ1v) is 9.69. The summed E-state index contributed by atoms with van der Waals surface area (Å²) in [6.07, 6.45) is 7.13. The van der Waals surface area contributed by atoms with Gasteiger partial charge in [0.05, 0.1) is 29.3 Å². The van der Waals surface area contributed by atoms with Gasteiger partial charge in [-0.3, -0.25) is 9.48 Å². The van der Waals surface area contributed by atoms with E-state index in [-0.39, 0.29) is 18.9 Å². The van der Waals surface area contributed by atoms with Crippen molar-refractivity contribution >= 4 is 34.8 Å². The van der Waals surface area contributed by atoms with Crippen LogP contribution in [0.2, 0.25) is 10.0 Å². The highest BCUT2D eigenvalue weighted by molar-refractivity contribution is 6.42. The van der Waals surface area contributed by atoms with E-state index in [9.17, 15) is 4.79 Å². The molecule has 30 heavy (non-hydrogen) atoms. The van der Waals surface area contributed by atoms with Crippen molar-refractivity contribution in [3.8, 4) is 35.1 Å². The van der Waals surface area contributed by atoms with Crippen LogP contribution < -0.4 is 14.8 Å². The predicted octanol–water partition coefficient (Wildman–Crippen LogP) is 4.60. The molecule has 0 fully saturated rings. The first kappa shape index (κ1) is 21.6.